The molecule has 106 valence electrons. The topological polar surface area (TPSA) is 50.1 Å². The predicted octanol–water partition coefficient (Wildman–Crippen LogP) is 4.60. The number of rotatable bonds is 4. The van der Waals surface area contributed by atoms with Gasteiger partial charge in [-0.3, -0.25) is 4.79 Å². The van der Waals surface area contributed by atoms with Crippen LogP contribution in [0, 0.1) is 11.3 Å². The number of carbonyl (C=O) groups excluding carboxylic acids is 1. The van der Waals surface area contributed by atoms with Crippen molar-refractivity contribution in [1.29, 1.82) is 5.26 Å². The van der Waals surface area contributed by atoms with Gasteiger partial charge in [-0.25, -0.2) is 0 Å². The van der Waals surface area contributed by atoms with Gasteiger partial charge in [0.05, 0.1) is 18.2 Å². The Morgan fingerprint density at radius 1 is 1.29 bits per heavy atom. The molecule has 0 N–H and O–H groups in total. The van der Waals surface area contributed by atoms with E-state index in [-0.39, 0.29) is 5.78 Å². The van der Waals surface area contributed by atoms with Crippen molar-refractivity contribution < 1.29 is 9.53 Å². The van der Waals surface area contributed by atoms with E-state index in [2.05, 4.69) is 15.9 Å². The van der Waals surface area contributed by atoms with Gasteiger partial charge in [0.1, 0.15) is 11.7 Å². The first-order valence-corrected chi connectivity index (χ1v) is 7.27. The van der Waals surface area contributed by atoms with Crippen LogP contribution in [-0.2, 0) is 0 Å². The Morgan fingerprint density at radius 2 is 1.95 bits per heavy atom. The molecular formula is C16H11BrClNO2. The van der Waals surface area contributed by atoms with Crippen LogP contribution in [0.5, 0.6) is 5.75 Å². The van der Waals surface area contributed by atoms with Crippen LogP contribution in [0.1, 0.15) is 21.8 Å². The van der Waals surface area contributed by atoms with E-state index in [0.717, 1.165) is 0 Å². The number of ether oxygens (including phenoxy) is 1. The highest BCUT2D eigenvalue weighted by Crippen LogP contribution is 2.30. The lowest BCUT2D eigenvalue weighted by Crippen LogP contribution is -2.12. The molecule has 0 saturated carbocycles. The number of methoxy groups -OCH3 is 1. The number of benzene rings is 2. The second-order valence-corrected chi connectivity index (χ2v) is 5.53. The molecule has 5 heteroatoms. The van der Waals surface area contributed by atoms with Crippen molar-refractivity contribution in [3.05, 3.63) is 63.1 Å². The summed E-state index contributed by atoms with van der Waals surface area (Å²) in [6.07, 6.45) is 0. The van der Waals surface area contributed by atoms with Crippen molar-refractivity contribution in [2.24, 2.45) is 0 Å². The van der Waals surface area contributed by atoms with E-state index in [0.29, 0.717) is 26.4 Å². The second kappa shape index (κ2) is 6.75. The van der Waals surface area contributed by atoms with Gasteiger partial charge >= 0.3 is 0 Å². The summed E-state index contributed by atoms with van der Waals surface area (Å²) in [5.41, 5.74) is 0.938. The first-order valence-electron chi connectivity index (χ1n) is 6.10. The first kappa shape index (κ1) is 15.6. The van der Waals surface area contributed by atoms with Gasteiger partial charge in [-0.05, 0) is 45.8 Å². The minimum absolute atomic E-state index is 0.316. The average molecular weight is 365 g/mol. The first-order chi connectivity index (χ1) is 10.1. The molecule has 0 spiro atoms. The summed E-state index contributed by atoms with van der Waals surface area (Å²) in [5.74, 6) is -0.556. The van der Waals surface area contributed by atoms with Gasteiger partial charge in [-0.15, -0.1) is 0 Å². The largest absolute Gasteiger partial charge is 0.497 e. The fourth-order valence-electron chi connectivity index (χ4n) is 1.93. The predicted molar refractivity (Wildman–Crippen MR) is 84.8 cm³/mol. The monoisotopic (exact) mass is 363 g/mol. The molecule has 0 fully saturated rings. The van der Waals surface area contributed by atoms with Crippen molar-refractivity contribution in [3.63, 3.8) is 0 Å². The van der Waals surface area contributed by atoms with E-state index >= 15 is 0 Å². The molecule has 1 unspecified atom stereocenters. The Balaban J connectivity index is 2.39. The molecule has 3 nitrogen and oxygen atoms in total. The van der Waals surface area contributed by atoms with Crippen molar-refractivity contribution >= 4 is 33.3 Å². The zero-order valence-corrected chi connectivity index (χ0v) is 13.5. The number of nitrogens with zero attached hydrogens (tertiary/aromatic N) is 1. The Hall–Kier alpha value is -1.83. The third kappa shape index (κ3) is 3.26. The standard InChI is InChI=1S/C16H11BrClNO2/c1-21-11-7-5-10(6-8-11)13(9-19)16(20)12-3-2-4-14(17)15(12)18/h2-8,13H,1H3. The van der Waals surface area contributed by atoms with E-state index < -0.39 is 5.92 Å². The number of Topliss-reactive ketones (excluding diaryl/α,β-unsaturated/α-hetero) is 1. The Morgan fingerprint density at radius 3 is 2.52 bits per heavy atom. The number of hydrogen-bond acceptors (Lipinski definition) is 3. The number of carbonyl (C=O) groups is 1. The number of nitriles is 1. The molecule has 0 aromatic heterocycles. The molecule has 1 atom stereocenters. The molecular weight excluding hydrogens is 354 g/mol. The molecule has 0 heterocycles. The molecule has 0 bridgehead atoms. The zero-order chi connectivity index (χ0) is 15.4. The maximum absolute atomic E-state index is 12.5. The highest BCUT2D eigenvalue weighted by atomic mass is 79.9. The van der Waals surface area contributed by atoms with Gasteiger partial charge in [-0.1, -0.05) is 29.8 Å². The normalized spacial score (nSPS) is 11.5. The second-order valence-electron chi connectivity index (χ2n) is 4.30. The SMILES string of the molecule is COc1ccc(C(C#N)C(=O)c2cccc(Br)c2Cl)cc1. The van der Waals surface area contributed by atoms with Gasteiger partial charge in [0.25, 0.3) is 0 Å². The van der Waals surface area contributed by atoms with Crippen LogP contribution < -0.4 is 4.74 Å². The van der Waals surface area contributed by atoms with Gasteiger partial charge < -0.3 is 4.74 Å². The molecule has 0 aliphatic carbocycles. The summed E-state index contributed by atoms with van der Waals surface area (Å²) in [7, 11) is 1.56. The fourth-order valence-corrected chi connectivity index (χ4v) is 2.52. The fraction of sp³-hybridized carbons (Fsp3) is 0.125. The molecule has 0 aliphatic rings. The number of ketones is 1. The maximum Gasteiger partial charge on any atom is 0.185 e. The zero-order valence-electron chi connectivity index (χ0n) is 11.1. The average Bonchev–Trinajstić information content (AvgIpc) is 2.51. The van der Waals surface area contributed by atoms with E-state index in [4.69, 9.17) is 16.3 Å². The van der Waals surface area contributed by atoms with Crippen LogP contribution in [0.25, 0.3) is 0 Å². The lowest BCUT2D eigenvalue weighted by Gasteiger charge is -2.11. The highest BCUT2D eigenvalue weighted by molar-refractivity contribution is 9.10. The molecule has 0 amide bonds. The smallest absolute Gasteiger partial charge is 0.185 e. The van der Waals surface area contributed by atoms with Gasteiger partial charge in [0.15, 0.2) is 5.78 Å². The lowest BCUT2D eigenvalue weighted by molar-refractivity contribution is 0.0979. The van der Waals surface area contributed by atoms with Gasteiger partial charge in [0.2, 0.25) is 0 Å². The van der Waals surface area contributed by atoms with E-state index in [1.54, 1.807) is 49.6 Å². The Bertz CT molecular complexity index is 707. The van der Waals surface area contributed by atoms with E-state index in [1.807, 2.05) is 6.07 Å². The van der Waals surface area contributed by atoms with Crippen molar-refractivity contribution in [2.45, 2.75) is 5.92 Å². The van der Waals surface area contributed by atoms with E-state index in [9.17, 15) is 10.1 Å². The molecule has 2 rings (SSSR count). The molecule has 0 saturated heterocycles. The summed E-state index contributed by atoms with van der Waals surface area (Å²) in [4.78, 5) is 12.5. The summed E-state index contributed by atoms with van der Waals surface area (Å²) in [6.45, 7) is 0. The van der Waals surface area contributed by atoms with E-state index in [1.165, 1.54) is 0 Å². The summed E-state index contributed by atoms with van der Waals surface area (Å²) >= 11 is 9.40. The minimum Gasteiger partial charge on any atom is -0.497 e. The lowest BCUT2D eigenvalue weighted by atomic mass is 9.92. The Labute approximate surface area is 136 Å². The molecule has 21 heavy (non-hydrogen) atoms. The van der Waals surface area contributed by atoms with Gasteiger partial charge in [-0.2, -0.15) is 5.26 Å². The highest BCUT2D eigenvalue weighted by Gasteiger charge is 2.24. The Kier molecular flexibility index (Phi) is 5.00. The van der Waals surface area contributed by atoms with Crippen LogP contribution in [0.15, 0.2) is 46.9 Å². The number of halogens is 2. The third-order valence-electron chi connectivity index (χ3n) is 3.06. The van der Waals surface area contributed by atoms with Crippen molar-refractivity contribution in [3.8, 4) is 11.8 Å². The summed E-state index contributed by atoms with van der Waals surface area (Å²) in [6, 6.07) is 14.0. The number of hydrogen-bond donors (Lipinski definition) is 0. The van der Waals surface area contributed by atoms with Gasteiger partial charge in [0, 0.05) is 10.0 Å². The van der Waals surface area contributed by atoms with Crippen LogP contribution >= 0.6 is 27.5 Å². The maximum atomic E-state index is 12.5. The van der Waals surface area contributed by atoms with Crippen LogP contribution in [0.2, 0.25) is 5.02 Å². The minimum atomic E-state index is -0.900. The summed E-state index contributed by atoms with van der Waals surface area (Å²) in [5, 5.41) is 9.66. The molecule has 2 aromatic rings. The molecule has 0 radical (unpaired) electrons. The third-order valence-corrected chi connectivity index (χ3v) is 4.35. The summed E-state index contributed by atoms with van der Waals surface area (Å²) < 4.78 is 5.69. The van der Waals surface area contributed by atoms with Crippen LogP contribution in [0.3, 0.4) is 0 Å². The van der Waals surface area contributed by atoms with Crippen molar-refractivity contribution in [1.82, 2.24) is 0 Å². The van der Waals surface area contributed by atoms with Crippen molar-refractivity contribution in [2.75, 3.05) is 7.11 Å². The van der Waals surface area contributed by atoms with Crippen LogP contribution in [-0.4, -0.2) is 12.9 Å². The molecule has 2 aromatic carbocycles. The quantitative estimate of drug-likeness (QED) is 0.745. The molecule has 0 aliphatic heterocycles. The van der Waals surface area contributed by atoms with Crippen LogP contribution in [0.4, 0.5) is 0 Å².